The first kappa shape index (κ1) is 21.2. The molecule has 26 heavy (non-hydrogen) atoms. The molecule has 5 heteroatoms. The summed E-state index contributed by atoms with van der Waals surface area (Å²) in [6.07, 6.45) is 6.73. The van der Waals surface area contributed by atoms with Crippen molar-refractivity contribution in [2.75, 3.05) is 32.7 Å². The van der Waals surface area contributed by atoms with Gasteiger partial charge >= 0.3 is 0 Å². The van der Waals surface area contributed by atoms with Crippen LogP contribution < -0.4 is 5.32 Å². The summed E-state index contributed by atoms with van der Waals surface area (Å²) in [6.45, 7) is 12.4. The van der Waals surface area contributed by atoms with Gasteiger partial charge in [0.25, 0.3) is 0 Å². The van der Waals surface area contributed by atoms with Crippen molar-refractivity contribution in [3.63, 3.8) is 0 Å². The lowest BCUT2D eigenvalue weighted by Gasteiger charge is -2.41. The van der Waals surface area contributed by atoms with Gasteiger partial charge in [0.15, 0.2) is 0 Å². The first-order valence-corrected chi connectivity index (χ1v) is 10.7. The van der Waals surface area contributed by atoms with Gasteiger partial charge in [-0.05, 0) is 37.5 Å². The highest BCUT2D eigenvalue weighted by Crippen LogP contribution is 2.31. The van der Waals surface area contributed by atoms with Crippen molar-refractivity contribution < 1.29 is 9.59 Å². The van der Waals surface area contributed by atoms with Crippen LogP contribution in [0.25, 0.3) is 0 Å². The summed E-state index contributed by atoms with van der Waals surface area (Å²) in [5.41, 5.74) is 0. The molecule has 0 aromatic heterocycles. The normalized spacial score (nSPS) is 21.8. The van der Waals surface area contributed by atoms with Crippen molar-refractivity contribution in [3.8, 4) is 0 Å². The number of nitrogens with zero attached hydrogens (tertiary/aromatic N) is 2. The topological polar surface area (TPSA) is 52.7 Å². The zero-order valence-electron chi connectivity index (χ0n) is 17.3. The quantitative estimate of drug-likeness (QED) is 0.719. The van der Waals surface area contributed by atoms with Gasteiger partial charge in [-0.2, -0.15) is 0 Å². The molecule has 2 atom stereocenters. The Balaban J connectivity index is 1.94. The van der Waals surface area contributed by atoms with Gasteiger partial charge in [0.05, 0.1) is 6.04 Å². The van der Waals surface area contributed by atoms with E-state index in [1.807, 2.05) is 11.8 Å². The Hall–Kier alpha value is -1.10. The molecule has 2 fully saturated rings. The molecule has 2 amide bonds. The van der Waals surface area contributed by atoms with Crippen LogP contribution >= 0.6 is 0 Å². The molecule has 1 aliphatic carbocycles. The zero-order valence-corrected chi connectivity index (χ0v) is 17.3. The summed E-state index contributed by atoms with van der Waals surface area (Å²) in [7, 11) is 0. The smallest absolute Gasteiger partial charge is 0.237 e. The van der Waals surface area contributed by atoms with E-state index >= 15 is 0 Å². The van der Waals surface area contributed by atoms with E-state index in [9.17, 15) is 9.59 Å². The molecule has 1 saturated heterocycles. The molecule has 1 N–H and O–H groups in total. The first-order valence-electron chi connectivity index (χ1n) is 10.7. The largest absolute Gasteiger partial charge is 0.355 e. The van der Waals surface area contributed by atoms with E-state index in [4.69, 9.17) is 0 Å². The second-order valence-electron chi connectivity index (χ2n) is 8.63. The van der Waals surface area contributed by atoms with E-state index in [2.05, 4.69) is 31.0 Å². The van der Waals surface area contributed by atoms with Gasteiger partial charge in [-0.3, -0.25) is 14.5 Å². The van der Waals surface area contributed by atoms with Gasteiger partial charge in [-0.15, -0.1) is 0 Å². The summed E-state index contributed by atoms with van der Waals surface area (Å²) in [4.78, 5) is 29.7. The number of amides is 2. The van der Waals surface area contributed by atoms with E-state index in [1.165, 1.54) is 12.8 Å². The van der Waals surface area contributed by atoms with Crippen LogP contribution in [0, 0.1) is 17.8 Å². The summed E-state index contributed by atoms with van der Waals surface area (Å²) in [5, 5.41) is 3.19. The maximum atomic E-state index is 12.9. The molecule has 1 heterocycles. The predicted octanol–water partition coefficient (Wildman–Crippen LogP) is 2.90. The summed E-state index contributed by atoms with van der Waals surface area (Å²) < 4.78 is 0. The predicted molar refractivity (Wildman–Crippen MR) is 106 cm³/mol. The molecule has 1 aliphatic heterocycles. The molecule has 0 aromatic carbocycles. The fourth-order valence-corrected chi connectivity index (χ4v) is 4.25. The van der Waals surface area contributed by atoms with Crippen molar-refractivity contribution in [1.82, 2.24) is 15.1 Å². The SMILES string of the molecule is CCC(C)C(=O)N1CCN(C(C(=O)NCCC(C)C)C2CCCC2)CC1. The van der Waals surface area contributed by atoms with Crippen molar-refractivity contribution in [3.05, 3.63) is 0 Å². The van der Waals surface area contributed by atoms with Crippen LogP contribution in [-0.4, -0.2) is 60.4 Å². The molecular formula is C21H39N3O2. The van der Waals surface area contributed by atoms with E-state index in [0.717, 1.165) is 58.4 Å². The highest BCUT2D eigenvalue weighted by molar-refractivity contribution is 5.82. The third-order valence-corrected chi connectivity index (χ3v) is 6.19. The lowest BCUT2D eigenvalue weighted by atomic mass is 9.94. The molecule has 0 radical (unpaired) electrons. The average Bonchev–Trinajstić information content (AvgIpc) is 3.15. The standard InChI is InChI=1S/C21H39N3O2/c1-5-17(4)21(26)24-14-12-23(13-15-24)19(18-8-6-7-9-18)20(25)22-11-10-16(2)3/h16-19H,5-15H2,1-4H3,(H,22,25). The third kappa shape index (κ3) is 5.70. The fraction of sp³-hybridized carbons (Fsp3) is 0.905. The second kappa shape index (κ2) is 10.3. The Morgan fingerprint density at radius 1 is 1.04 bits per heavy atom. The molecule has 1 saturated carbocycles. The Morgan fingerprint density at radius 2 is 1.65 bits per heavy atom. The van der Waals surface area contributed by atoms with Gasteiger partial charge in [-0.25, -0.2) is 0 Å². The summed E-state index contributed by atoms with van der Waals surface area (Å²) in [5.74, 6) is 1.66. The third-order valence-electron chi connectivity index (χ3n) is 6.19. The molecule has 2 aliphatic rings. The average molecular weight is 366 g/mol. The Kier molecular flexibility index (Phi) is 8.39. The molecule has 0 bridgehead atoms. The number of nitrogens with one attached hydrogen (secondary N) is 1. The van der Waals surface area contributed by atoms with Crippen molar-refractivity contribution in [1.29, 1.82) is 0 Å². The number of hydrogen-bond donors (Lipinski definition) is 1. The van der Waals surface area contributed by atoms with Crippen LogP contribution in [-0.2, 0) is 9.59 Å². The number of carbonyl (C=O) groups is 2. The van der Waals surface area contributed by atoms with Gasteiger partial charge in [0, 0.05) is 38.6 Å². The molecule has 0 spiro atoms. The molecule has 5 nitrogen and oxygen atoms in total. The first-order chi connectivity index (χ1) is 12.4. The van der Waals surface area contributed by atoms with Gasteiger partial charge in [0.1, 0.15) is 0 Å². The van der Waals surface area contributed by atoms with E-state index in [0.29, 0.717) is 11.8 Å². The van der Waals surface area contributed by atoms with Crippen LogP contribution in [0.5, 0.6) is 0 Å². The maximum Gasteiger partial charge on any atom is 0.237 e. The zero-order chi connectivity index (χ0) is 19.1. The number of hydrogen-bond acceptors (Lipinski definition) is 3. The van der Waals surface area contributed by atoms with Gasteiger partial charge in [-0.1, -0.05) is 40.5 Å². The van der Waals surface area contributed by atoms with E-state index in [1.54, 1.807) is 0 Å². The summed E-state index contributed by atoms with van der Waals surface area (Å²) in [6, 6.07) is -0.00878. The number of piperazine rings is 1. The van der Waals surface area contributed by atoms with Crippen LogP contribution in [0.1, 0.15) is 66.2 Å². The van der Waals surface area contributed by atoms with Crippen molar-refractivity contribution in [2.24, 2.45) is 17.8 Å². The minimum Gasteiger partial charge on any atom is -0.355 e. The second-order valence-corrected chi connectivity index (χ2v) is 8.63. The van der Waals surface area contributed by atoms with Crippen molar-refractivity contribution >= 4 is 11.8 Å². The molecule has 2 rings (SSSR count). The minimum absolute atomic E-state index is 0.00878. The summed E-state index contributed by atoms with van der Waals surface area (Å²) >= 11 is 0. The highest BCUT2D eigenvalue weighted by atomic mass is 16.2. The van der Waals surface area contributed by atoms with E-state index in [-0.39, 0.29) is 23.8 Å². The minimum atomic E-state index is -0.00878. The van der Waals surface area contributed by atoms with Crippen LogP contribution in [0.4, 0.5) is 0 Å². The fourth-order valence-electron chi connectivity index (χ4n) is 4.25. The molecule has 2 unspecified atom stereocenters. The van der Waals surface area contributed by atoms with Gasteiger partial charge < -0.3 is 10.2 Å². The molecule has 150 valence electrons. The lowest BCUT2D eigenvalue weighted by molar-refractivity contribution is -0.138. The van der Waals surface area contributed by atoms with Gasteiger partial charge in [0.2, 0.25) is 11.8 Å². The number of carbonyl (C=O) groups excluding carboxylic acids is 2. The highest BCUT2D eigenvalue weighted by Gasteiger charge is 2.37. The van der Waals surface area contributed by atoms with Crippen LogP contribution in [0.3, 0.4) is 0 Å². The molecular weight excluding hydrogens is 326 g/mol. The van der Waals surface area contributed by atoms with E-state index < -0.39 is 0 Å². The maximum absolute atomic E-state index is 12.9. The lowest BCUT2D eigenvalue weighted by Crippen LogP contribution is -2.58. The Morgan fingerprint density at radius 3 is 2.19 bits per heavy atom. The van der Waals surface area contributed by atoms with Crippen molar-refractivity contribution in [2.45, 2.75) is 72.3 Å². The van der Waals surface area contributed by atoms with Crippen LogP contribution in [0.15, 0.2) is 0 Å². The number of rotatable bonds is 8. The van der Waals surface area contributed by atoms with Crippen LogP contribution in [0.2, 0.25) is 0 Å². The monoisotopic (exact) mass is 365 g/mol. The molecule has 0 aromatic rings. The Bertz CT molecular complexity index is 452. The Labute approximate surface area is 159 Å².